The monoisotopic (exact) mass is 516 g/mol. The summed E-state index contributed by atoms with van der Waals surface area (Å²) < 4.78 is 105. The van der Waals surface area contributed by atoms with E-state index in [-0.39, 0.29) is 22.5 Å². The van der Waals surface area contributed by atoms with Crippen molar-refractivity contribution in [3.05, 3.63) is 76.4 Å². The van der Waals surface area contributed by atoms with Crippen LogP contribution in [0.4, 0.5) is 26.3 Å². The van der Waals surface area contributed by atoms with Crippen molar-refractivity contribution in [2.45, 2.75) is 31.7 Å². The maximum Gasteiger partial charge on any atom is 0.416 e. The first-order valence-corrected chi connectivity index (χ1v) is 12.7. The van der Waals surface area contributed by atoms with E-state index in [9.17, 15) is 34.8 Å². The topological polar surface area (TPSA) is 49.7 Å². The molecule has 0 aliphatic carbocycles. The summed E-state index contributed by atoms with van der Waals surface area (Å²) in [4.78, 5) is 0. The van der Waals surface area contributed by atoms with E-state index in [1.165, 1.54) is 30.3 Å². The number of rotatable bonds is 4. The minimum absolute atomic E-state index is 0.165. The standard InChI is InChI=1S/C24H22F6N2O2S/c1-2-9-32-22(16-6-4-8-19(12-16)24(28,29)30)20-14-35(33,34)13-17(21(20)31-32)10-15-5-3-7-18(11-15)23(25,26)27/h3-8,10-12,20,22H,2,9,13-14H2,1H3/b17-10-. The van der Waals surface area contributed by atoms with Crippen molar-refractivity contribution in [3.63, 3.8) is 0 Å². The molecular weight excluding hydrogens is 494 g/mol. The third-order valence-electron chi connectivity index (χ3n) is 5.99. The summed E-state index contributed by atoms with van der Waals surface area (Å²) in [6, 6.07) is 8.50. The summed E-state index contributed by atoms with van der Waals surface area (Å²) in [5, 5.41) is 6.17. The van der Waals surface area contributed by atoms with E-state index in [1.807, 2.05) is 6.92 Å². The third kappa shape index (κ3) is 5.39. The van der Waals surface area contributed by atoms with Crippen LogP contribution in [-0.2, 0) is 22.2 Å². The Kier molecular flexibility index (Phi) is 6.50. The van der Waals surface area contributed by atoms with Gasteiger partial charge in [-0.1, -0.05) is 31.2 Å². The second-order valence-electron chi connectivity index (χ2n) is 8.67. The van der Waals surface area contributed by atoms with E-state index in [0.717, 1.165) is 24.3 Å². The molecule has 0 aromatic heterocycles. The Morgan fingerprint density at radius 2 is 1.63 bits per heavy atom. The van der Waals surface area contributed by atoms with Crippen LogP contribution < -0.4 is 0 Å². The fourth-order valence-electron chi connectivity index (χ4n) is 4.59. The summed E-state index contributed by atoms with van der Waals surface area (Å²) in [5.74, 6) is -1.47. The van der Waals surface area contributed by atoms with Crippen LogP contribution in [0.3, 0.4) is 0 Å². The van der Waals surface area contributed by atoms with Gasteiger partial charge in [-0.05, 0) is 53.5 Å². The second-order valence-corrected chi connectivity index (χ2v) is 10.8. The fraction of sp³-hybridized carbons (Fsp3) is 0.375. The number of nitrogens with zero attached hydrogens (tertiary/aromatic N) is 2. The molecule has 188 valence electrons. The second kappa shape index (κ2) is 9.00. The van der Waals surface area contributed by atoms with Gasteiger partial charge in [-0.2, -0.15) is 31.4 Å². The Morgan fingerprint density at radius 3 is 2.26 bits per heavy atom. The van der Waals surface area contributed by atoms with E-state index >= 15 is 0 Å². The average molecular weight is 517 g/mol. The van der Waals surface area contributed by atoms with Gasteiger partial charge in [0.1, 0.15) is 0 Å². The van der Waals surface area contributed by atoms with Gasteiger partial charge in [0.05, 0.1) is 34.4 Å². The van der Waals surface area contributed by atoms with Gasteiger partial charge < -0.3 is 0 Å². The molecule has 4 rings (SSSR count). The number of fused-ring (bicyclic) bond motifs is 1. The molecule has 4 nitrogen and oxygen atoms in total. The maximum absolute atomic E-state index is 13.3. The average Bonchev–Trinajstić information content (AvgIpc) is 3.10. The van der Waals surface area contributed by atoms with Crippen molar-refractivity contribution >= 4 is 21.6 Å². The number of sulfone groups is 1. The zero-order chi connectivity index (χ0) is 25.6. The van der Waals surface area contributed by atoms with Gasteiger partial charge in [0.2, 0.25) is 0 Å². The van der Waals surface area contributed by atoms with Crippen LogP contribution >= 0.6 is 0 Å². The summed E-state index contributed by atoms with van der Waals surface area (Å²) in [7, 11) is -3.68. The zero-order valence-electron chi connectivity index (χ0n) is 18.6. The lowest BCUT2D eigenvalue weighted by Gasteiger charge is -2.30. The lowest BCUT2D eigenvalue weighted by molar-refractivity contribution is -0.138. The molecule has 35 heavy (non-hydrogen) atoms. The molecule has 2 aliphatic rings. The molecule has 2 aromatic rings. The van der Waals surface area contributed by atoms with Gasteiger partial charge in [-0.3, -0.25) is 5.01 Å². The summed E-state index contributed by atoms with van der Waals surface area (Å²) in [6.07, 6.45) is -7.15. The molecule has 2 heterocycles. The molecule has 2 aromatic carbocycles. The predicted molar refractivity (Wildman–Crippen MR) is 120 cm³/mol. The van der Waals surface area contributed by atoms with Gasteiger partial charge in [0, 0.05) is 12.5 Å². The summed E-state index contributed by atoms with van der Waals surface area (Å²) in [5.41, 5.74) is -0.641. The highest BCUT2D eigenvalue weighted by molar-refractivity contribution is 7.91. The van der Waals surface area contributed by atoms with E-state index in [1.54, 1.807) is 5.01 Å². The first-order valence-electron chi connectivity index (χ1n) is 10.9. The van der Waals surface area contributed by atoms with Gasteiger partial charge in [-0.15, -0.1) is 0 Å². The van der Waals surface area contributed by atoms with E-state index in [2.05, 4.69) is 5.10 Å². The normalized spacial score (nSPS) is 23.3. The summed E-state index contributed by atoms with van der Waals surface area (Å²) >= 11 is 0. The number of benzene rings is 2. The number of halogens is 6. The van der Waals surface area contributed by atoms with E-state index in [4.69, 9.17) is 0 Å². The van der Waals surface area contributed by atoms with Crippen LogP contribution in [0.5, 0.6) is 0 Å². The quantitative estimate of drug-likeness (QED) is 0.470. The molecule has 2 aliphatic heterocycles. The Hall–Kier alpha value is -2.82. The van der Waals surface area contributed by atoms with Crippen LogP contribution in [0, 0.1) is 5.92 Å². The van der Waals surface area contributed by atoms with Crippen molar-refractivity contribution in [2.75, 3.05) is 18.1 Å². The predicted octanol–water partition coefficient (Wildman–Crippen LogP) is 5.98. The zero-order valence-corrected chi connectivity index (χ0v) is 19.4. The Morgan fingerprint density at radius 1 is 1.00 bits per heavy atom. The first kappa shape index (κ1) is 25.3. The molecule has 1 saturated heterocycles. The van der Waals surface area contributed by atoms with Gasteiger partial charge in [0.25, 0.3) is 0 Å². The van der Waals surface area contributed by atoms with Gasteiger partial charge >= 0.3 is 12.4 Å². The molecule has 0 amide bonds. The highest BCUT2D eigenvalue weighted by Gasteiger charge is 2.46. The van der Waals surface area contributed by atoms with Crippen LogP contribution in [0.25, 0.3) is 6.08 Å². The molecule has 0 saturated carbocycles. The van der Waals surface area contributed by atoms with Crippen molar-refractivity contribution in [2.24, 2.45) is 11.0 Å². The lowest BCUT2D eigenvalue weighted by atomic mass is 9.87. The highest BCUT2D eigenvalue weighted by atomic mass is 32.2. The smallest absolute Gasteiger partial charge is 0.289 e. The maximum atomic E-state index is 13.3. The van der Waals surface area contributed by atoms with Crippen molar-refractivity contribution < 1.29 is 34.8 Å². The third-order valence-corrected chi connectivity index (χ3v) is 7.61. The van der Waals surface area contributed by atoms with Gasteiger partial charge in [0.15, 0.2) is 9.84 Å². The molecule has 11 heteroatoms. The molecule has 2 unspecified atom stereocenters. The van der Waals surface area contributed by atoms with E-state index in [0.29, 0.717) is 18.7 Å². The first-order chi connectivity index (χ1) is 16.3. The number of alkyl halides is 6. The number of hydrogen-bond acceptors (Lipinski definition) is 4. The molecular formula is C24H22F6N2O2S. The van der Waals surface area contributed by atoms with Crippen LogP contribution in [0.2, 0.25) is 0 Å². The highest BCUT2D eigenvalue weighted by Crippen LogP contribution is 2.43. The Balaban J connectivity index is 1.79. The van der Waals surface area contributed by atoms with Crippen LogP contribution in [0.15, 0.2) is 59.2 Å². The minimum Gasteiger partial charge on any atom is -0.289 e. The Bertz CT molecular complexity index is 1280. The van der Waals surface area contributed by atoms with Crippen LogP contribution in [0.1, 0.15) is 41.6 Å². The number of hydrogen-bond donors (Lipinski definition) is 0. The molecule has 0 radical (unpaired) electrons. The lowest BCUT2D eigenvalue weighted by Crippen LogP contribution is -2.37. The van der Waals surface area contributed by atoms with Gasteiger partial charge in [-0.25, -0.2) is 8.42 Å². The fourth-order valence-corrected chi connectivity index (χ4v) is 6.30. The summed E-state index contributed by atoms with van der Waals surface area (Å²) in [6.45, 7) is 2.24. The van der Waals surface area contributed by atoms with Crippen molar-refractivity contribution in [1.82, 2.24) is 5.01 Å². The molecule has 0 bridgehead atoms. The van der Waals surface area contributed by atoms with E-state index < -0.39 is 51.0 Å². The minimum atomic E-state index is -4.57. The number of hydrazone groups is 1. The molecule has 2 atom stereocenters. The van der Waals surface area contributed by atoms with Crippen LogP contribution in [-0.4, -0.2) is 37.2 Å². The molecule has 1 fully saturated rings. The van der Waals surface area contributed by atoms with Crippen molar-refractivity contribution in [1.29, 1.82) is 0 Å². The van der Waals surface area contributed by atoms with Crippen molar-refractivity contribution in [3.8, 4) is 0 Å². The molecule has 0 N–H and O–H groups in total. The Labute approximate surface area is 198 Å². The largest absolute Gasteiger partial charge is 0.416 e. The molecule has 0 spiro atoms. The SMILES string of the molecule is CCCN1N=C2/C(=C\c3cccc(C(F)(F)F)c3)CS(=O)(=O)CC2C1c1cccc(C(F)(F)F)c1.